The van der Waals surface area contributed by atoms with Gasteiger partial charge < -0.3 is 32.5 Å². The molecule has 0 radical (unpaired) electrons. The van der Waals surface area contributed by atoms with Gasteiger partial charge in [0.2, 0.25) is 23.6 Å². The van der Waals surface area contributed by atoms with Crippen LogP contribution in [0.5, 0.6) is 0 Å². The first-order chi connectivity index (χ1) is 13.6. The lowest BCUT2D eigenvalue weighted by Crippen LogP contribution is -2.58. The molecule has 11 nitrogen and oxygen atoms in total. The summed E-state index contributed by atoms with van der Waals surface area (Å²) in [5.41, 5.74) is 10.7. The van der Waals surface area contributed by atoms with E-state index < -0.39 is 60.2 Å². The van der Waals surface area contributed by atoms with Gasteiger partial charge in [0.25, 0.3) is 0 Å². The molecule has 0 aromatic carbocycles. The molecule has 0 aliphatic heterocycles. The van der Waals surface area contributed by atoms with E-state index in [1.165, 1.54) is 11.8 Å². The number of hydrogen-bond donors (Lipinski definition) is 8. The Hall–Kier alpha value is -1.64. The lowest BCUT2D eigenvalue weighted by molar-refractivity contribution is -0.141. The fourth-order valence-electron chi connectivity index (χ4n) is 2.01. The van der Waals surface area contributed by atoms with Crippen LogP contribution in [0, 0.1) is 0 Å². The first kappa shape index (κ1) is 27.4. The maximum absolute atomic E-state index is 12.6. The molecule has 0 saturated carbocycles. The molecule has 0 rings (SSSR count). The topological polar surface area (TPSA) is 194 Å². The van der Waals surface area contributed by atoms with Crippen LogP contribution in [0.2, 0.25) is 0 Å². The molecule has 0 aromatic heterocycles. The number of thioether (sulfide) groups is 1. The van der Waals surface area contributed by atoms with Gasteiger partial charge in [0.15, 0.2) is 0 Å². The van der Waals surface area contributed by atoms with Gasteiger partial charge in [0.05, 0.1) is 12.5 Å². The van der Waals surface area contributed by atoms with Crippen LogP contribution < -0.4 is 27.4 Å². The van der Waals surface area contributed by atoms with E-state index in [2.05, 4.69) is 41.2 Å². The van der Waals surface area contributed by atoms with Gasteiger partial charge in [-0.15, -0.1) is 0 Å². The summed E-state index contributed by atoms with van der Waals surface area (Å²) in [5, 5.41) is 16.0. The lowest BCUT2D eigenvalue weighted by atomic mass is 10.1. The van der Waals surface area contributed by atoms with Crippen molar-refractivity contribution in [3.63, 3.8) is 0 Å². The van der Waals surface area contributed by atoms with Crippen molar-refractivity contribution in [3.05, 3.63) is 0 Å². The molecule has 0 heterocycles. The Morgan fingerprint density at radius 3 is 1.90 bits per heavy atom. The standard InChI is InChI=1S/C15H27N5O6S3/c1-29-3-2-8(18-12(22)7(16)5-27)13(23)19-9(4-11(17)21)14(24)20-10(6-28)15(25)26/h7-10,27-28H,2-6,16H2,1H3,(H2,17,21)(H,18,22)(H,19,23)(H,20,24)(H,25,26). The highest BCUT2D eigenvalue weighted by Crippen LogP contribution is 2.04. The van der Waals surface area contributed by atoms with E-state index in [9.17, 15) is 24.0 Å². The first-order valence-electron chi connectivity index (χ1n) is 8.45. The SMILES string of the molecule is CSCCC(NC(=O)C(N)CS)C(=O)NC(CC(N)=O)C(=O)NC(CS)C(=O)O. The molecule has 14 heteroatoms. The largest absolute Gasteiger partial charge is 0.480 e. The summed E-state index contributed by atoms with van der Waals surface area (Å²) >= 11 is 9.19. The number of nitrogens with two attached hydrogens (primary N) is 2. The van der Waals surface area contributed by atoms with Crippen LogP contribution >= 0.6 is 37.0 Å². The van der Waals surface area contributed by atoms with E-state index in [1.807, 2.05) is 6.26 Å². The molecule has 4 atom stereocenters. The van der Waals surface area contributed by atoms with E-state index in [1.54, 1.807) is 0 Å². The van der Waals surface area contributed by atoms with Crippen molar-refractivity contribution < 1.29 is 29.1 Å². The number of aliphatic carboxylic acids is 1. The minimum atomic E-state index is -1.42. The summed E-state index contributed by atoms with van der Waals surface area (Å²) in [4.78, 5) is 59.3. The van der Waals surface area contributed by atoms with Crippen molar-refractivity contribution in [2.75, 3.05) is 23.5 Å². The zero-order valence-electron chi connectivity index (χ0n) is 15.8. The normalized spacial score (nSPS) is 14.8. The molecule has 0 aromatic rings. The average molecular weight is 470 g/mol. The molecular weight excluding hydrogens is 442 g/mol. The van der Waals surface area contributed by atoms with Crippen LogP contribution in [-0.2, 0) is 24.0 Å². The lowest BCUT2D eigenvalue weighted by Gasteiger charge is -2.24. The predicted molar refractivity (Wildman–Crippen MR) is 116 cm³/mol. The number of thiol groups is 2. The molecule has 0 saturated heterocycles. The Morgan fingerprint density at radius 1 is 0.931 bits per heavy atom. The second-order valence-corrected chi connectivity index (χ2v) is 7.66. The molecule has 166 valence electrons. The van der Waals surface area contributed by atoms with Crippen LogP contribution in [0.1, 0.15) is 12.8 Å². The summed E-state index contributed by atoms with van der Waals surface area (Å²) in [5.74, 6) is -4.09. The summed E-state index contributed by atoms with van der Waals surface area (Å²) in [6.45, 7) is 0. The predicted octanol–water partition coefficient (Wildman–Crippen LogP) is -2.66. The number of rotatable bonds is 14. The van der Waals surface area contributed by atoms with E-state index in [0.717, 1.165) is 0 Å². The van der Waals surface area contributed by atoms with Gasteiger partial charge in [-0.1, -0.05) is 0 Å². The molecule has 29 heavy (non-hydrogen) atoms. The summed E-state index contributed by atoms with van der Waals surface area (Å²) in [6.07, 6.45) is 1.48. The molecule has 0 spiro atoms. The number of nitrogens with one attached hydrogen (secondary N) is 3. The highest BCUT2D eigenvalue weighted by molar-refractivity contribution is 7.98. The Balaban J connectivity index is 5.34. The molecule has 4 unspecified atom stereocenters. The van der Waals surface area contributed by atoms with Crippen LogP contribution in [0.25, 0.3) is 0 Å². The number of carbonyl (C=O) groups is 5. The molecular formula is C15H27N5O6S3. The van der Waals surface area contributed by atoms with Crippen molar-refractivity contribution >= 4 is 66.6 Å². The molecule has 0 bridgehead atoms. The minimum Gasteiger partial charge on any atom is -0.480 e. The highest BCUT2D eigenvalue weighted by Gasteiger charge is 2.30. The summed E-state index contributed by atoms with van der Waals surface area (Å²) < 4.78 is 0. The van der Waals surface area contributed by atoms with Crippen molar-refractivity contribution in [3.8, 4) is 0 Å². The van der Waals surface area contributed by atoms with Gasteiger partial charge in [-0.05, 0) is 18.4 Å². The molecule has 0 aliphatic rings. The van der Waals surface area contributed by atoms with Gasteiger partial charge in [-0.25, -0.2) is 4.79 Å². The Labute approximate surface area is 183 Å². The van der Waals surface area contributed by atoms with E-state index in [4.69, 9.17) is 16.6 Å². The van der Waals surface area contributed by atoms with Gasteiger partial charge in [-0.3, -0.25) is 19.2 Å². The third-order valence-electron chi connectivity index (χ3n) is 3.61. The van der Waals surface area contributed by atoms with Crippen molar-refractivity contribution in [1.82, 2.24) is 16.0 Å². The Kier molecular flexibility index (Phi) is 13.5. The highest BCUT2D eigenvalue weighted by atomic mass is 32.2. The first-order valence-corrected chi connectivity index (χ1v) is 11.1. The minimum absolute atomic E-state index is 0.0652. The second kappa shape index (κ2) is 14.4. The van der Waals surface area contributed by atoms with Crippen LogP contribution in [0.15, 0.2) is 0 Å². The second-order valence-electron chi connectivity index (χ2n) is 5.95. The number of carboxylic acid groups (broad SMARTS) is 1. The average Bonchev–Trinajstić information content (AvgIpc) is 2.66. The van der Waals surface area contributed by atoms with Crippen molar-refractivity contribution in [1.29, 1.82) is 0 Å². The monoisotopic (exact) mass is 469 g/mol. The summed E-state index contributed by atoms with van der Waals surface area (Å²) in [6, 6.07) is -4.70. The number of amides is 4. The van der Waals surface area contributed by atoms with Crippen molar-refractivity contribution in [2.45, 2.75) is 37.0 Å². The molecule has 4 amide bonds. The molecule has 0 aliphatic carbocycles. The maximum atomic E-state index is 12.6. The molecule has 0 fully saturated rings. The van der Waals surface area contributed by atoms with Crippen LogP contribution in [-0.4, -0.2) is 82.4 Å². The van der Waals surface area contributed by atoms with E-state index >= 15 is 0 Å². The quantitative estimate of drug-likeness (QED) is 0.126. The van der Waals surface area contributed by atoms with Crippen LogP contribution in [0.3, 0.4) is 0 Å². The van der Waals surface area contributed by atoms with Gasteiger partial charge in [-0.2, -0.15) is 37.0 Å². The smallest absolute Gasteiger partial charge is 0.327 e. The number of carboxylic acids is 1. The van der Waals surface area contributed by atoms with Gasteiger partial charge in [0.1, 0.15) is 18.1 Å². The Morgan fingerprint density at radius 2 is 1.45 bits per heavy atom. The van der Waals surface area contributed by atoms with Gasteiger partial charge >= 0.3 is 5.97 Å². The third kappa shape index (κ3) is 10.6. The fraction of sp³-hybridized carbons (Fsp3) is 0.667. The molecule has 8 N–H and O–H groups in total. The number of primary amides is 1. The van der Waals surface area contributed by atoms with Gasteiger partial charge in [0, 0.05) is 11.5 Å². The number of hydrogen-bond acceptors (Lipinski definition) is 9. The fourth-order valence-corrected chi connectivity index (χ4v) is 2.89. The van der Waals surface area contributed by atoms with E-state index in [-0.39, 0.29) is 17.9 Å². The zero-order valence-corrected chi connectivity index (χ0v) is 18.4. The summed E-state index contributed by atoms with van der Waals surface area (Å²) in [7, 11) is 0. The Bertz CT molecular complexity index is 609. The van der Waals surface area contributed by atoms with Crippen molar-refractivity contribution in [2.24, 2.45) is 11.5 Å². The number of carbonyl (C=O) groups excluding carboxylic acids is 4. The third-order valence-corrected chi connectivity index (χ3v) is 5.02. The van der Waals surface area contributed by atoms with E-state index in [0.29, 0.717) is 5.75 Å². The van der Waals surface area contributed by atoms with Crippen LogP contribution in [0.4, 0.5) is 0 Å². The maximum Gasteiger partial charge on any atom is 0.327 e. The zero-order chi connectivity index (χ0) is 22.6.